The van der Waals surface area contributed by atoms with Crippen LogP contribution in [0.4, 0.5) is 0 Å². The monoisotopic (exact) mass is 233 g/mol. The molecule has 0 aliphatic carbocycles. The molecule has 0 aromatic heterocycles. The quantitative estimate of drug-likeness (QED) is 0.844. The molecule has 0 saturated carbocycles. The normalized spacial score (nSPS) is 27.5. The minimum atomic E-state index is -0.0408. The number of rotatable bonds is 2. The SMILES string of the molecule is CCC1(C)CC(NC)c2c(C)cc(C)cc2O1. The summed E-state index contributed by atoms with van der Waals surface area (Å²) >= 11 is 0. The van der Waals surface area contributed by atoms with Gasteiger partial charge in [-0.05, 0) is 51.4 Å². The molecule has 0 saturated heterocycles. The summed E-state index contributed by atoms with van der Waals surface area (Å²) in [6.07, 6.45) is 2.08. The van der Waals surface area contributed by atoms with E-state index in [9.17, 15) is 0 Å². The fourth-order valence-corrected chi connectivity index (χ4v) is 2.77. The lowest BCUT2D eigenvalue weighted by molar-refractivity contribution is 0.0452. The highest BCUT2D eigenvalue weighted by Gasteiger charge is 2.36. The third kappa shape index (κ3) is 2.19. The first-order valence-corrected chi connectivity index (χ1v) is 6.46. The largest absolute Gasteiger partial charge is 0.487 e. The van der Waals surface area contributed by atoms with E-state index in [-0.39, 0.29) is 5.60 Å². The second kappa shape index (κ2) is 4.34. The molecule has 1 N–H and O–H groups in total. The highest BCUT2D eigenvalue weighted by molar-refractivity contribution is 5.47. The van der Waals surface area contributed by atoms with Crippen molar-refractivity contribution in [3.05, 3.63) is 28.8 Å². The zero-order valence-electron chi connectivity index (χ0n) is 11.6. The topological polar surface area (TPSA) is 21.3 Å². The van der Waals surface area contributed by atoms with Crippen LogP contribution < -0.4 is 10.1 Å². The maximum atomic E-state index is 6.22. The first kappa shape index (κ1) is 12.4. The molecule has 1 aliphatic rings. The summed E-state index contributed by atoms with van der Waals surface area (Å²) in [6.45, 7) is 8.70. The second-order valence-corrected chi connectivity index (χ2v) is 5.44. The van der Waals surface area contributed by atoms with Gasteiger partial charge in [-0.25, -0.2) is 0 Å². The van der Waals surface area contributed by atoms with Crippen molar-refractivity contribution in [3.63, 3.8) is 0 Å². The van der Waals surface area contributed by atoms with Gasteiger partial charge < -0.3 is 10.1 Å². The van der Waals surface area contributed by atoms with E-state index in [0.29, 0.717) is 6.04 Å². The van der Waals surface area contributed by atoms with Gasteiger partial charge >= 0.3 is 0 Å². The minimum Gasteiger partial charge on any atom is -0.487 e. The van der Waals surface area contributed by atoms with Gasteiger partial charge in [0.15, 0.2) is 0 Å². The van der Waals surface area contributed by atoms with Crippen molar-refractivity contribution < 1.29 is 4.74 Å². The maximum Gasteiger partial charge on any atom is 0.125 e. The Morgan fingerprint density at radius 1 is 1.41 bits per heavy atom. The fourth-order valence-electron chi connectivity index (χ4n) is 2.77. The summed E-state index contributed by atoms with van der Waals surface area (Å²) in [7, 11) is 2.04. The molecule has 17 heavy (non-hydrogen) atoms. The maximum absolute atomic E-state index is 6.22. The molecule has 1 aromatic carbocycles. The third-order valence-electron chi connectivity index (χ3n) is 3.93. The molecule has 0 bridgehead atoms. The Morgan fingerprint density at radius 2 is 2.12 bits per heavy atom. The van der Waals surface area contributed by atoms with Crippen molar-refractivity contribution >= 4 is 0 Å². The van der Waals surface area contributed by atoms with Crippen molar-refractivity contribution in [1.29, 1.82) is 0 Å². The lowest BCUT2D eigenvalue weighted by Crippen LogP contribution is -2.41. The number of nitrogens with one attached hydrogen (secondary N) is 1. The van der Waals surface area contributed by atoms with Crippen molar-refractivity contribution in [2.75, 3.05) is 7.05 Å². The Balaban J connectivity index is 2.51. The summed E-state index contributed by atoms with van der Waals surface area (Å²) in [4.78, 5) is 0. The van der Waals surface area contributed by atoms with E-state index in [0.717, 1.165) is 18.6 Å². The average molecular weight is 233 g/mol. The Kier molecular flexibility index (Phi) is 3.17. The third-order valence-corrected chi connectivity index (χ3v) is 3.93. The van der Waals surface area contributed by atoms with E-state index in [4.69, 9.17) is 4.74 Å². The molecule has 0 radical (unpaired) electrons. The van der Waals surface area contributed by atoms with Crippen LogP contribution >= 0.6 is 0 Å². The van der Waals surface area contributed by atoms with Gasteiger partial charge in [0.05, 0.1) is 0 Å². The molecule has 0 amide bonds. The van der Waals surface area contributed by atoms with Crippen LogP contribution in [0.1, 0.15) is 49.4 Å². The van der Waals surface area contributed by atoms with Crippen LogP contribution in [-0.2, 0) is 0 Å². The molecule has 2 unspecified atom stereocenters. The van der Waals surface area contributed by atoms with Crippen LogP contribution in [0, 0.1) is 13.8 Å². The van der Waals surface area contributed by atoms with Crippen molar-refractivity contribution in [3.8, 4) is 5.75 Å². The zero-order valence-corrected chi connectivity index (χ0v) is 11.6. The zero-order chi connectivity index (χ0) is 12.6. The van der Waals surface area contributed by atoms with Gasteiger partial charge in [0.25, 0.3) is 0 Å². The number of benzene rings is 1. The van der Waals surface area contributed by atoms with Crippen molar-refractivity contribution in [1.82, 2.24) is 5.32 Å². The summed E-state index contributed by atoms with van der Waals surface area (Å²) in [6, 6.07) is 4.81. The summed E-state index contributed by atoms with van der Waals surface area (Å²) < 4.78 is 6.22. The number of ether oxygens (including phenoxy) is 1. The molecule has 1 aromatic rings. The van der Waals surface area contributed by atoms with Crippen LogP contribution in [-0.4, -0.2) is 12.6 Å². The molecule has 2 heteroatoms. The number of fused-ring (bicyclic) bond motifs is 1. The highest BCUT2D eigenvalue weighted by atomic mass is 16.5. The predicted molar refractivity (Wildman–Crippen MR) is 71.7 cm³/mol. The molecule has 0 fully saturated rings. The molecule has 2 nitrogen and oxygen atoms in total. The number of aryl methyl sites for hydroxylation is 2. The van der Waals surface area contributed by atoms with Gasteiger partial charge in [-0.2, -0.15) is 0 Å². The van der Waals surface area contributed by atoms with Crippen LogP contribution in [0.15, 0.2) is 12.1 Å². The van der Waals surface area contributed by atoms with Crippen LogP contribution in [0.2, 0.25) is 0 Å². The molecule has 94 valence electrons. The van der Waals surface area contributed by atoms with Gasteiger partial charge in [-0.15, -0.1) is 0 Å². The lowest BCUT2D eigenvalue weighted by Gasteiger charge is -2.40. The number of hydrogen-bond acceptors (Lipinski definition) is 2. The molecular weight excluding hydrogens is 210 g/mol. The van der Waals surface area contributed by atoms with Crippen LogP contribution in [0.25, 0.3) is 0 Å². The molecule has 2 atom stereocenters. The van der Waals surface area contributed by atoms with E-state index in [2.05, 4.69) is 45.1 Å². The molecular formula is C15H23NO. The van der Waals surface area contributed by atoms with E-state index in [1.165, 1.54) is 16.7 Å². The summed E-state index contributed by atoms with van der Waals surface area (Å²) in [5, 5.41) is 3.43. The van der Waals surface area contributed by atoms with Crippen molar-refractivity contribution in [2.45, 2.75) is 52.2 Å². The van der Waals surface area contributed by atoms with Crippen LogP contribution in [0.5, 0.6) is 5.75 Å². The predicted octanol–water partition coefficient (Wildman–Crippen LogP) is 3.52. The van der Waals surface area contributed by atoms with Crippen LogP contribution in [0.3, 0.4) is 0 Å². The summed E-state index contributed by atoms with van der Waals surface area (Å²) in [5.41, 5.74) is 3.90. The lowest BCUT2D eigenvalue weighted by atomic mass is 9.84. The molecule has 1 aliphatic heterocycles. The highest BCUT2D eigenvalue weighted by Crippen LogP contribution is 2.42. The smallest absolute Gasteiger partial charge is 0.125 e. The molecule has 0 spiro atoms. The van der Waals surface area contributed by atoms with E-state index in [1.54, 1.807) is 0 Å². The average Bonchev–Trinajstić information content (AvgIpc) is 2.26. The van der Waals surface area contributed by atoms with E-state index in [1.807, 2.05) is 7.05 Å². The van der Waals surface area contributed by atoms with Gasteiger partial charge in [0, 0.05) is 18.0 Å². The van der Waals surface area contributed by atoms with Gasteiger partial charge in [0.1, 0.15) is 11.4 Å². The standard InChI is InChI=1S/C15H23NO/c1-6-15(4)9-12(16-5)14-11(3)7-10(2)8-13(14)17-15/h7-8,12,16H,6,9H2,1-5H3. The second-order valence-electron chi connectivity index (χ2n) is 5.44. The first-order chi connectivity index (χ1) is 7.99. The van der Waals surface area contributed by atoms with Gasteiger partial charge in [-0.3, -0.25) is 0 Å². The molecule has 1 heterocycles. The summed E-state index contributed by atoms with van der Waals surface area (Å²) in [5.74, 6) is 1.07. The Labute approximate surface area is 104 Å². The van der Waals surface area contributed by atoms with E-state index >= 15 is 0 Å². The Morgan fingerprint density at radius 3 is 2.71 bits per heavy atom. The van der Waals surface area contributed by atoms with Gasteiger partial charge in [0.2, 0.25) is 0 Å². The Bertz CT molecular complexity index is 427. The minimum absolute atomic E-state index is 0.0408. The van der Waals surface area contributed by atoms with Gasteiger partial charge in [-0.1, -0.05) is 13.0 Å². The molecule has 2 rings (SSSR count). The number of hydrogen-bond donors (Lipinski definition) is 1. The van der Waals surface area contributed by atoms with E-state index < -0.39 is 0 Å². The van der Waals surface area contributed by atoms with Crippen molar-refractivity contribution in [2.24, 2.45) is 0 Å². The first-order valence-electron chi connectivity index (χ1n) is 6.46. The Hall–Kier alpha value is -1.02. The fraction of sp³-hybridized carbons (Fsp3) is 0.600.